The first-order valence-corrected chi connectivity index (χ1v) is 6.79. The molecule has 1 atom stereocenters. The van der Waals surface area contributed by atoms with Crippen molar-refractivity contribution in [2.45, 2.75) is 53.0 Å². The fraction of sp³-hybridized carbons (Fsp3) is 0.857. The molecule has 0 aliphatic rings. The molecule has 0 rings (SSSR count). The number of nitrogens with one attached hydrogen (secondary N) is 2. The summed E-state index contributed by atoms with van der Waals surface area (Å²) in [5.74, 6) is 0.443. The molecule has 0 aliphatic carbocycles. The Bertz CT molecular complexity index is 275. The fourth-order valence-electron chi connectivity index (χ4n) is 1.52. The summed E-state index contributed by atoms with van der Waals surface area (Å²) in [7, 11) is 1.83. The summed E-state index contributed by atoms with van der Waals surface area (Å²) in [4.78, 5) is 23.5. The Morgan fingerprint density at radius 3 is 2.28 bits per heavy atom. The van der Waals surface area contributed by atoms with E-state index in [0.29, 0.717) is 25.9 Å². The molecule has 0 fully saturated rings. The van der Waals surface area contributed by atoms with Crippen LogP contribution in [0, 0.1) is 5.41 Å². The lowest BCUT2D eigenvalue weighted by atomic mass is 9.84. The second-order valence-electron chi connectivity index (χ2n) is 5.41. The maximum absolute atomic E-state index is 11.9. The number of Topliss-reactive ketones (excluding diaryl/α,β-unsaturated/α-hetero) is 2. The Morgan fingerprint density at radius 1 is 1.17 bits per heavy atom. The van der Waals surface area contributed by atoms with Gasteiger partial charge in [0.25, 0.3) is 0 Å². The molecule has 0 radical (unpaired) electrons. The van der Waals surface area contributed by atoms with Crippen molar-refractivity contribution in [2.75, 3.05) is 20.1 Å². The van der Waals surface area contributed by atoms with Gasteiger partial charge in [0.1, 0.15) is 5.78 Å². The molecule has 4 heteroatoms. The maximum Gasteiger partial charge on any atom is 0.150 e. The molecule has 0 aliphatic heterocycles. The molecule has 0 spiro atoms. The van der Waals surface area contributed by atoms with Crippen molar-refractivity contribution in [3.8, 4) is 0 Å². The Morgan fingerprint density at radius 2 is 1.78 bits per heavy atom. The van der Waals surface area contributed by atoms with Gasteiger partial charge < -0.3 is 10.6 Å². The standard InChI is InChI=1S/C14H28N2O2/c1-6-14(3,4)13(18)8-10-16-11(2)12(17)7-9-15-5/h11,15-16H,6-10H2,1-5H3. The fourth-order valence-corrected chi connectivity index (χ4v) is 1.52. The first kappa shape index (κ1) is 17.3. The van der Waals surface area contributed by atoms with Gasteiger partial charge in [-0.1, -0.05) is 20.8 Å². The molecule has 0 saturated carbocycles. The quantitative estimate of drug-likeness (QED) is 0.622. The maximum atomic E-state index is 11.9. The highest BCUT2D eigenvalue weighted by Gasteiger charge is 2.24. The van der Waals surface area contributed by atoms with Crippen LogP contribution in [0.4, 0.5) is 0 Å². The van der Waals surface area contributed by atoms with Crippen LogP contribution in [0.25, 0.3) is 0 Å². The normalized spacial score (nSPS) is 13.4. The van der Waals surface area contributed by atoms with Crippen LogP contribution >= 0.6 is 0 Å². The lowest BCUT2D eigenvalue weighted by Gasteiger charge is -2.21. The number of carbonyl (C=O) groups is 2. The summed E-state index contributed by atoms with van der Waals surface area (Å²) in [5, 5.41) is 6.07. The molecule has 0 aromatic heterocycles. The highest BCUT2D eigenvalue weighted by Crippen LogP contribution is 2.22. The SMILES string of the molecule is CCC(C)(C)C(=O)CCNC(C)C(=O)CCNC. The zero-order chi connectivity index (χ0) is 14.2. The molecule has 0 heterocycles. The van der Waals surface area contributed by atoms with Crippen molar-refractivity contribution >= 4 is 11.6 Å². The van der Waals surface area contributed by atoms with E-state index in [1.54, 1.807) is 0 Å². The van der Waals surface area contributed by atoms with Gasteiger partial charge in [-0.05, 0) is 20.4 Å². The van der Waals surface area contributed by atoms with Gasteiger partial charge in [-0.2, -0.15) is 0 Å². The molecule has 18 heavy (non-hydrogen) atoms. The van der Waals surface area contributed by atoms with Crippen LogP contribution in [-0.4, -0.2) is 37.7 Å². The van der Waals surface area contributed by atoms with Crippen molar-refractivity contribution in [2.24, 2.45) is 5.41 Å². The van der Waals surface area contributed by atoms with E-state index in [1.165, 1.54) is 0 Å². The lowest BCUT2D eigenvalue weighted by molar-refractivity contribution is -0.127. The number of rotatable bonds is 10. The topological polar surface area (TPSA) is 58.2 Å². The minimum atomic E-state index is -0.249. The molecule has 0 bridgehead atoms. The predicted molar refractivity (Wildman–Crippen MR) is 74.7 cm³/mol. The molecule has 0 aromatic rings. The molecule has 0 aromatic carbocycles. The van der Waals surface area contributed by atoms with E-state index in [1.807, 2.05) is 34.7 Å². The van der Waals surface area contributed by atoms with Crippen LogP contribution in [0.5, 0.6) is 0 Å². The summed E-state index contributed by atoms with van der Waals surface area (Å²) >= 11 is 0. The molecule has 0 saturated heterocycles. The average molecular weight is 256 g/mol. The van der Waals surface area contributed by atoms with Crippen LogP contribution in [-0.2, 0) is 9.59 Å². The summed E-state index contributed by atoms with van der Waals surface area (Å²) in [5.41, 5.74) is -0.249. The number of carbonyl (C=O) groups excluding carboxylic acids is 2. The first-order valence-electron chi connectivity index (χ1n) is 6.79. The van der Waals surface area contributed by atoms with E-state index in [2.05, 4.69) is 10.6 Å². The van der Waals surface area contributed by atoms with E-state index in [-0.39, 0.29) is 23.0 Å². The van der Waals surface area contributed by atoms with Crippen LogP contribution < -0.4 is 10.6 Å². The van der Waals surface area contributed by atoms with E-state index >= 15 is 0 Å². The molecule has 106 valence electrons. The minimum Gasteiger partial charge on any atom is -0.319 e. The monoisotopic (exact) mass is 256 g/mol. The zero-order valence-electron chi connectivity index (χ0n) is 12.4. The molecule has 0 amide bonds. The zero-order valence-corrected chi connectivity index (χ0v) is 12.4. The third-order valence-electron chi connectivity index (χ3n) is 3.55. The molecule has 1 unspecified atom stereocenters. The van der Waals surface area contributed by atoms with E-state index < -0.39 is 0 Å². The van der Waals surface area contributed by atoms with Crippen LogP contribution in [0.3, 0.4) is 0 Å². The summed E-state index contributed by atoms with van der Waals surface area (Å²) in [6, 6.07) is -0.170. The number of hydrogen-bond donors (Lipinski definition) is 2. The van der Waals surface area contributed by atoms with Gasteiger partial charge in [0.15, 0.2) is 5.78 Å². The highest BCUT2D eigenvalue weighted by atomic mass is 16.1. The van der Waals surface area contributed by atoms with Crippen LogP contribution in [0.15, 0.2) is 0 Å². The van der Waals surface area contributed by atoms with Gasteiger partial charge in [-0.3, -0.25) is 9.59 Å². The van der Waals surface area contributed by atoms with Gasteiger partial charge in [0.05, 0.1) is 6.04 Å². The van der Waals surface area contributed by atoms with Gasteiger partial charge >= 0.3 is 0 Å². The largest absolute Gasteiger partial charge is 0.319 e. The van der Waals surface area contributed by atoms with Crippen LogP contribution in [0.1, 0.15) is 47.0 Å². The van der Waals surface area contributed by atoms with Gasteiger partial charge in [0, 0.05) is 31.3 Å². The molecule has 2 N–H and O–H groups in total. The van der Waals surface area contributed by atoms with Crippen molar-refractivity contribution in [1.82, 2.24) is 10.6 Å². The Balaban J connectivity index is 3.91. The summed E-state index contributed by atoms with van der Waals surface area (Å²) < 4.78 is 0. The van der Waals surface area contributed by atoms with E-state index in [9.17, 15) is 9.59 Å². The third kappa shape index (κ3) is 6.26. The minimum absolute atomic E-state index is 0.170. The summed E-state index contributed by atoms with van der Waals surface area (Å²) in [6.07, 6.45) is 1.87. The van der Waals surface area contributed by atoms with Crippen molar-refractivity contribution in [1.29, 1.82) is 0 Å². The third-order valence-corrected chi connectivity index (χ3v) is 3.55. The Labute approximate surface area is 111 Å². The molecular formula is C14H28N2O2. The highest BCUT2D eigenvalue weighted by molar-refractivity contribution is 5.85. The number of hydrogen-bond acceptors (Lipinski definition) is 4. The van der Waals surface area contributed by atoms with E-state index in [4.69, 9.17) is 0 Å². The molecular weight excluding hydrogens is 228 g/mol. The van der Waals surface area contributed by atoms with Crippen molar-refractivity contribution in [3.63, 3.8) is 0 Å². The number of ketones is 2. The predicted octanol–water partition coefficient (Wildman–Crippen LogP) is 1.54. The van der Waals surface area contributed by atoms with Crippen LogP contribution in [0.2, 0.25) is 0 Å². The lowest BCUT2D eigenvalue weighted by Crippen LogP contribution is -2.37. The smallest absolute Gasteiger partial charge is 0.150 e. The molecule has 4 nitrogen and oxygen atoms in total. The second kappa shape index (κ2) is 8.38. The first-order chi connectivity index (χ1) is 8.35. The average Bonchev–Trinajstić information content (AvgIpc) is 2.35. The van der Waals surface area contributed by atoms with Gasteiger partial charge in [-0.25, -0.2) is 0 Å². The second-order valence-corrected chi connectivity index (χ2v) is 5.41. The summed E-state index contributed by atoms with van der Waals surface area (Å²) in [6.45, 7) is 9.09. The van der Waals surface area contributed by atoms with Gasteiger partial charge in [0.2, 0.25) is 0 Å². The van der Waals surface area contributed by atoms with Gasteiger partial charge in [-0.15, -0.1) is 0 Å². The Kier molecular flexibility index (Phi) is 8.03. The van der Waals surface area contributed by atoms with Crippen molar-refractivity contribution < 1.29 is 9.59 Å². The van der Waals surface area contributed by atoms with Crippen molar-refractivity contribution in [3.05, 3.63) is 0 Å². The Hall–Kier alpha value is -0.740. The van der Waals surface area contributed by atoms with E-state index in [0.717, 1.165) is 6.42 Å².